The molecule has 0 bridgehead atoms. The van der Waals surface area contributed by atoms with Crippen molar-refractivity contribution in [1.29, 1.82) is 0 Å². The van der Waals surface area contributed by atoms with Crippen molar-refractivity contribution in [3.63, 3.8) is 0 Å². The fourth-order valence-corrected chi connectivity index (χ4v) is 3.23. The van der Waals surface area contributed by atoms with Crippen molar-refractivity contribution < 1.29 is 14.3 Å². The molecule has 0 aliphatic carbocycles. The highest BCUT2D eigenvalue weighted by Gasteiger charge is 2.11. The van der Waals surface area contributed by atoms with Crippen LogP contribution >= 0.6 is 0 Å². The van der Waals surface area contributed by atoms with Crippen molar-refractivity contribution in [2.75, 3.05) is 51.9 Å². The van der Waals surface area contributed by atoms with Gasteiger partial charge >= 0.3 is 6.03 Å². The number of benzene rings is 1. The Morgan fingerprint density at radius 1 is 1.27 bits per heavy atom. The Hall–Kier alpha value is -2.09. The van der Waals surface area contributed by atoms with E-state index < -0.39 is 0 Å². The number of fused-ring (bicyclic) bond motifs is 1. The number of urea groups is 1. The highest BCUT2D eigenvalue weighted by atomic mass is 16.5. The van der Waals surface area contributed by atoms with Crippen LogP contribution in [0.15, 0.2) is 30.5 Å². The molecular formula is C19H28N4O3. The van der Waals surface area contributed by atoms with E-state index in [0.717, 1.165) is 50.5 Å². The fraction of sp³-hybridized carbons (Fsp3) is 0.526. The molecule has 2 amide bonds. The van der Waals surface area contributed by atoms with Crippen LogP contribution in [0.2, 0.25) is 0 Å². The molecule has 0 saturated carbocycles. The number of rotatable bonds is 7. The summed E-state index contributed by atoms with van der Waals surface area (Å²) < 4.78 is 12.7. The normalized spacial score (nSPS) is 16.5. The molecule has 1 aliphatic rings. The van der Waals surface area contributed by atoms with Gasteiger partial charge in [-0.2, -0.15) is 0 Å². The van der Waals surface area contributed by atoms with E-state index in [1.165, 1.54) is 5.52 Å². The molecule has 2 heterocycles. The highest BCUT2D eigenvalue weighted by molar-refractivity contribution is 5.93. The maximum Gasteiger partial charge on any atom is 0.319 e. The van der Waals surface area contributed by atoms with Crippen molar-refractivity contribution in [3.8, 4) is 0 Å². The largest absolute Gasteiger partial charge is 0.383 e. The topological polar surface area (TPSA) is 67.8 Å². The van der Waals surface area contributed by atoms with E-state index in [2.05, 4.69) is 38.4 Å². The summed E-state index contributed by atoms with van der Waals surface area (Å²) in [6, 6.07) is 7.83. The average molecular weight is 360 g/mol. The third kappa shape index (κ3) is 4.97. The molecule has 1 aromatic heterocycles. The van der Waals surface area contributed by atoms with E-state index in [-0.39, 0.29) is 12.1 Å². The van der Waals surface area contributed by atoms with Crippen LogP contribution < -0.4 is 10.6 Å². The maximum absolute atomic E-state index is 12.0. The molecule has 0 radical (unpaired) electrons. The maximum atomic E-state index is 12.0. The Kier molecular flexibility index (Phi) is 6.49. The van der Waals surface area contributed by atoms with Gasteiger partial charge in [0, 0.05) is 56.1 Å². The van der Waals surface area contributed by atoms with Gasteiger partial charge in [0.2, 0.25) is 0 Å². The molecule has 1 aromatic carbocycles. The molecule has 3 rings (SSSR count). The van der Waals surface area contributed by atoms with Crippen LogP contribution in [-0.4, -0.2) is 68.1 Å². The SMILES string of the molecule is COCC(C)NC(=O)Nc1ccc2c(ccn2CCN2CCOCC2)c1. The summed E-state index contributed by atoms with van der Waals surface area (Å²) in [5.41, 5.74) is 1.96. The number of nitrogens with one attached hydrogen (secondary N) is 2. The first-order chi connectivity index (χ1) is 12.7. The molecule has 1 fully saturated rings. The third-order valence-electron chi connectivity index (χ3n) is 4.58. The molecule has 1 aliphatic heterocycles. The number of methoxy groups -OCH3 is 1. The van der Waals surface area contributed by atoms with Crippen LogP contribution in [0.4, 0.5) is 10.5 Å². The van der Waals surface area contributed by atoms with Crippen LogP contribution in [0.25, 0.3) is 10.9 Å². The molecule has 7 heteroatoms. The highest BCUT2D eigenvalue weighted by Crippen LogP contribution is 2.20. The first-order valence-corrected chi connectivity index (χ1v) is 9.11. The zero-order chi connectivity index (χ0) is 18.4. The van der Waals surface area contributed by atoms with E-state index >= 15 is 0 Å². The number of aromatic nitrogens is 1. The van der Waals surface area contributed by atoms with Gasteiger partial charge in [0.1, 0.15) is 0 Å². The van der Waals surface area contributed by atoms with E-state index in [0.29, 0.717) is 6.61 Å². The smallest absolute Gasteiger partial charge is 0.319 e. The molecular weight excluding hydrogens is 332 g/mol. The number of ether oxygens (including phenoxy) is 2. The molecule has 1 saturated heterocycles. The second kappa shape index (κ2) is 9.02. The summed E-state index contributed by atoms with van der Waals surface area (Å²) in [6.07, 6.45) is 2.11. The number of carbonyl (C=O) groups excluding carboxylic acids is 1. The number of hydrogen-bond acceptors (Lipinski definition) is 4. The predicted octanol–water partition coefficient (Wildman–Crippen LogP) is 2.13. The van der Waals surface area contributed by atoms with Gasteiger partial charge in [-0.05, 0) is 31.2 Å². The number of carbonyl (C=O) groups is 1. The summed E-state index contributed by atoms with van der Waals surface area (Å²) in [7, 11) is 1.62. The van der Waals surface area contributed by atoms with E-state index in [9.17, 15) is 4.79 Å². The summed E-state index contributed by atoms with van der Waals surface area (Å²) in [4.78, 5) is 14.4. The van der Waals surface area contributed by atoms with Gasteiger partial charge in [-0.15, -0.1) is 0 Å². The second-order valence-corrected chi connectivity index (χ2v) is 6.69. The molecule has 2 aromatic rings. The van der Waals surface area contributed by atoms with Crippen LogP contribution in [0, 0.1) is 0 Å². The van der Waals surface area contributed by atoms with Gasteiger partial charge in [0.05, 0.1) is 25.9 Å². The van der Waals surface area contributed by atoms with Gasteiger partial charge < -0.3 is 24.7 Å². The van der Waals surface area contributed by atoms with Crippen molar-refractivity contribution in [1.82, 2.24) is 14.8 Å². The lowest BCUT2D eigenvalue weighted by Gasteiger charge is -2.26. The van der Waals surface area contributed by atoms with Gasteiger partial charge in [0.25, 0.3) is 0 Å². The minimum absolute atomic E-state index is 0.0370. The quantitative estimate of drug-likeness (QED) is 0.794. The lowest BCUT2D eigenvalue weighted by atomic mass is 10.2. The monoisotopic (exact) mass is 360 g/mol. The molecule has 142 valence electrons. The predicted molar refractivity (Wildman–Crippen MR) is 103 cm³/mol. The molecule has 7 nitrogen and oxygen atoms in total. The van der Waals surface area contributed by atoms with Crippen molar-refractivity contribution in [2.45, 2.75) is 19.5 Å². The van der Waals surface area contributed by atoms with Gasteiger partial charge in [-0.25, -0.2) is 4.79 Å². The minimum Gasteiger partial charge on any atom is -0.383 e. The van der Waals surface area contributed by atoms with Crippen LogP contribution in [0.1, 0.15) is 6.92 Å². The lowest BCUT2D eigenvalue weighted by molar-refractivity contribution is 0.0365. The minimum atomic E-state index is -0.222. The fourth-order valence-electron chi connectivity index (χ4n) is 3.23. The Morgan fingerprint density at radius 2 is 2.08 bits per heavy atom. The Morgan fingerprint density at radius 3 is 2.85 bits per heavy atom. The first-order valence-electron chi connectivity index (χ1n) is 9.11. The summed E-state index contributed by atoms with van der Waals surface area (Å²) in [5.74, 6) is 0. The van der Waals surface area contributed by atoms with Crippen molar-refractivity contribution in [3.05, 3.63) is 30.5 Å². The Labute approximate surface area is 154 Å². The average Bonchev–Trinajstić information content (AvgIpc) is 3.03. The second-order valence-electron chi connectivity index (χ2n) is 6.69. The van der Waals surface area contributed by atoms with Gasteiger partial charge in [-0.3, -0.25) is 4.90 Å². The lowest BCUT2D eigenvalue weighted by Crippen LogP contribution is -2.38. The number of morpholine rings is 1. The summed E-state index contributed by atoms with van der Waals surface area (Å²) in [5, 5.41) is 6.84. The Bertz CT molecular complexity index is 725. The first kappa shape index (κ1) is 18.7. The number of hydrogen-bond donors (Lipinski definition) is 2. The van der Waals surface area contributed by atoms with E-state index in [4.69, 9.17) is 9.47 Å². The summed E-state index contributed by atoms with van der Waals surface area (Å²) >= 11 is 0. The number of nitrogens with zero attached hydrogens (tertiary/aromatic N) is 2. The van der Waals surface area contributed by atoms with Crippen molar-refractivity contribution in [2.24, 2.45) is 0 Å². The molecule has 1 atom stereocenters. The van der Waals surface area contributed by atoms with Gasteiger partial charge in [-0.1, -0.05) is 0 Å². The number of anilines is 1. The molecule has 26 heavy (non-hydrogen) atoms. The number of amides is 2. The van der Waals surface area contributed by atoms with Crippen molar-refractivity contribution >= 4 is 22.6 Å². The van der Waals surface area contributed by atoms with Crippen LogP contribution in [0.5, 0.6) is 0 Å². The van der Waals surface area contributed by atoms with Crippen LogP contribution in [-0.2, 0) is 16.0 Å². The van der Waals surface area contributed by atoms with Gasteiger partial charge in [0.15, 0.2) is 0 Å². The third-order valence-corrected chi connectivity index (χ3v) is 4.58. The van der Waals surface area contributed by atoms with Crippen LogP contribution in [0.3, 0.4) is 0 Å². The Balaban J connectivity index is 1.58. The molecule has 1 unspecified atom stereocenters. The standard InChI is InChI=1S/C19H28N4O3/c1-15(14-25-2)20-19(24)21-17-3-4-18-16(13-17)5-6-23(18)8-7-22-9-11-26-12-10-22/h3-6,13,15H,7-12,14H2,1-2H3,(H2,20,21,24). The molecule has 2 N–H and O–H groups in total. The van der Waals surface area contributed by atoms with E-state index in [1.807, 2.05) is 19.1 Å². The molecule has 0 spiro atoms. The van der Waals surface area contributed by atoms with E-state index in [1.54, 1.807) is 7.11 Å². The zero-order valence-corrected chi connectivity index (χ0v) is 15.5. The zero-order valence-electron chi connectivity index (χ0n) is 15.5. The summed E-state index contributed by atoms with van der Waals surface area (Å²) in [6.45, 7) is 8.02.